The summed E-state index contributed by atoms with van der Waals surface area (Å²) in [4.78, 5) is 7.52. The maximum atomic E-state index is 10.9. The van der Waals surface area contributed by atoms with Crippen molar-refractivity contribution in [1.82, 2.24) is 9.97 Å². The lowest BCUT2D eigenvalue weighted by molar-refractivity contribution is 0.597. The molecular weight excluding hydrogens is 164 g/mol. The zero-order valence-corrected chi connectivity index (χ0v) is 7.09. The van der Waals surface area contributed by atoms with Crippen LogP contribution in [0.3, 0.4) is 0 Å². The van der Waals surface area contributed by atoms with E-state index in [-0.39, 0.29) is 5.03 Å². The highest BCUT2D eigenvalue weighted by Gasteiger charge is 2.07. The number of rotatable bonds is 1. The molecule has 1 rings (SSSR count). The summed E-state index contributed by atoms with van der Waals surface area (Å²) in [6, 6.07) is 1.38. The lowest BCUT2D eigenvalue weighted by Gasteiger charge is -1.95. The monoisotopic (exact) mass is 172 g/mol. The fourth-order valence-electron chi connectivity index (χ4n) is 0.641. The van der Waals surface area contributed by atoms with Crippen LogP contribution in [0.1, 0.15) is 5.82 Å². The molecule has 0 unspecified atom stereocenters. The van der Waals surface area contributed by atoms with Crippen LogP contribution in [0, 0.1) is 6.92 Å². The fraction of sp³-hybridized carbons (Fsp3) is 0.333. The second-order valence-electron chi connectivity index (χ2n) is 2.21. The highest BCUT2D eigenvalue weighted by Crippen LogP contribution is 2.02. The fourth-order valence-corrected chi connectivity index (χ4v) is 1.25. The molecule has 0 spiro atoms. The summed E-state index contributed by atoms with van der Waals surface area (Å²) in [5.41, 5.74) is 0. The molecule has 60 valence electrons. The molecule has 0 bridgehead atoms. The van der Waals surface area contributed by atoms with E-state index in [9.17, 15) is 8.42 Å². The second kappa shape index (κ2) is 2.58. The normalized spacial score (nSPS) is 11.5. The lowest BCUT2D eigenvalue weighted by Crippen LogP contribution is -2.01. The molecule has 0 saturated carbocycles. The largest absolute Gasteiger partial charge is 0.242 e. The van der Waals surface area contributed by atoms with Crippen molar-refractivity contribution in [2.24, 2.45) is 0 Å². The minimum atomic E-state index is -3.18. The smallest absolute Gasteiger partial charge is 0.192 e. The molecule has 0 saturated heterocycles. The Morgan fingerprint density at radius 3 is 2.45 bits per heavy atom. The van der Waals surface area contributed by atoms with Crippen molar-refractivity contribution in [3.8, 4) is 0 Å². The summed E-state index contributed by atoms with van der Waals surface area (Å²) < 4.78 is 21.8. The maximum absolute atomic E-state index is 10.9. The minimum absolute atomic E-state index is 0.0741. The van der Waals surface area contributed by atoms with Gasteiger partial charge < -0.3 is 0 Å². The molecule has 0 atom stereocenters. The van der Waals surface area contributed by atoms with Gasteiger partial charge in [0.2, 0.25) is 0 Å². The molecule has 0 aliphatic carbocycles. The van der Waals surface area contributed by atoms with Crippen LogP contribution in [0.25, 0.3) is 0 Å². The van der Waals surface area contributed by atoms with Gasteiger partial charge in [-0.15, -0.1) is 0 Å². The van der Waals surface area contributed by atoms with Gasteiger partial charge in [-0.25, -0.2) is 18.4 Å². The lowest BCUT2D eigenvalue weighted by atomic mass is 10.6. The molecule has 0 amide bonds. The molecule has 1 aromatic heterocycles. The van der Waals surface area contributed by atoms with Crippen LogP contribution < -0.4 is 0 Å². The molecule has 5 heteroatoms. The topological polar surface area (TPSA) is 59.9 Å². The van der Waals surface area contributed by atoms with Crippen LogP contribution in [0.5, 0.6) is 0 Å². The predicted molar refractivity (Wildman–Crippen MR) is 39.9 cm³/mol. The summed E-state index contributed by atoms with van der Waals surface area (Å²) in [6.45, 7) is 1.65. The summed E-state index contributed by atoms with van der Waals surface area (Å²) in [5.74, 6) is 0.466. The van der Waals surface area contributed by atoms with Gasteiger partial charge in [0.05, 0.1) is 0 Å². The van der Waals surface area contributed by atoms with Crippen molar-refractivity contribution < 1.29 is 8.42 Å². The van der Waals surface area contributed by atoms with Crippen molar-refractivity contribution >= 4 is 9.84 Å². The summed E-state index contributed by atoms with van der Waals surface area (Å²) >= 11 is 0. The van der Waals surface area contributed by atoms with Crippen LogP contribution in [0.2, 0.25) is 0 Å². The third-order valence-electron chi connectivity index (χ3n) is 1.13. The Morgan fingerprint density at radius 2 is 2.09 bits per heavy atom. The molecule has 0 aliphatic rings. The first kappa shape index (κ1) is 8.13. The third kappa shape index (κ3) is 1.98. The van der Waals surface area contributed by atoms with E-state index in [4.69, 9.17) is 0 Å². The average Bonchev–Trinajstić information content (AvgIpc) is 1.86. The van der Waals surface area contributed by atoms with E-state index in [1.165, 1.54) is 12.3 Å². The molecule has 4 nitrogen and oxygen atoms in total. The van der Waals surface area contributed by atoms with Crippen molar-refractivity contribution in [2.75, 3.05) is 6.26 Å². The van der Waals surface area contributed by atoms with Gasteiger partial charge in [0, 0.05) is 12.5 Å². The van der Waals surface area contributed by atoms with Crippen molar-refractivity contribution in [3.05, 3.63) is 18.1 Å². The van der Waals surface area contributed by atoms with E-state index in [1.807, 2.05) is 0 Å². The number of aryl methyl sites for hydroxylation is 1. The number of aromatic nitrogens is 2. The third-order valence-corrected chi connectivity index (χ3v) is 2.12. The Labute approximate surface area is 65.2 Å². The first-order chi connectivity index (χ1) is 5.00. The van der Waals surface area contributed by atoms with Crippen molar-refractivity contribution in [3.63, 3.8) is 0 Å². The summed E-state index contributed by atoms with van der Waals surface area (Å²) in [7, 11) is -3.18. The molecule has 0 N–H and O–H groups in total. The van der Waals surface area contributed by atoms with Crippen LogP contribution in [-0.2, 0) is 9.84 Å². The Bertz CT molecular complexity index is 359. The Morgan fingerprint density at radius 1 is 1.45 bits per heavy atom. The number of hydrogen-bond donors (Lipinski definition) is 0. The van der Waals surface area contributed by atoms with Gasteiger partial charge in [-0.3, -0.25) is 0 Å². The molecule has 0 fully saturated rings. The van der Waals surface area contributed by atoms with E-state index in [2.05, 4.69) is 9.97 Å². The number of nitrogens with zero attached hydrogens (tertiary/aromatic N) is 2. The van der Waals surface area contributed by atoms with Gasteiger partial charge in [0.15, 0.2) is 14.9 Å². The van der Waals surface area contributed by atoms with E-state index in [0.29, 0.717) is 5.82 Å². The van der Waals surface area contributed by atoms with Crippen LogP contribution in [-0.4, -0.2) is 24.6 Å². The summed E-state index contributed by atoms with van der Waals surface area (Å²) in [5, 5.41) is 0.0741. The predicted octanol–water partition coefficient (Wildman–Crippen LogP) is 0.189. The van der Waals surface area contributed by atoms with Gasteiger partial charge in [-0.2, -0.15) is 0 Å². The number of sulfone groups is 1. The molecule has 0 aliphatic heterocycles. The molecule has 11 heavy (non-hydrogen) atoms. The van der Waals surface area contributed by atoms with Gasteiger partial charge >= 0.3 is 0 Å². The molecule has 1 aromatic rings. The first-order valence-corrected chi connectivity index (χ1v) is 4.89. The van der Waals surface area contributed by atoms with E-state index >= 15 is 0 Å². The standard InChI is InChI=1S/C6H8N2O2S/c1-5-7-4-3-6(8-5)11(2,9)10/h3-4H,1-2H3. The highest BCUT2D eigenvalue weighted by atomic mass is 32.2. The maximum Gasteiger partial charge on any atom is 0.192 e. The zero-order chi connectivity index (χ0) is 8.48. The Kier molecular flexibility index (Phi) is 1.90. The quantitative estimate of drug-likeness (QED) is 0.567. The summed E-state index contributed by atoms with van der Waals surface area (Å²) in [6.07, 6.45) is 2.55. The van der Waals surface area contributed by atoms with Crippen LogP contribution >= 0.6 is 0 Å². The zero-order valence-electron chi connectivity index (χ0n) is 6.27. The molecular formula is C6H8N2O2S. The van der Waals surface area contributed by atoms with Gasteiger partial charge in [0.25, 0.3) is 0 Å². The van der Waals surface area contributed by atoms with E-state index < -0.39 is 9.84 Å². The number of hydrogen-bond acceptors (Lipinski definition) is 4. The minimum Gasteiger partial charge on any atom is -0.242 e. The SMILES string of the molecule is Cc1nccc(S(C)(=O)=O)n1. The van der Waals surface area contributed by atoms with Crippen molar-refractivity contribution in [2.45, 2.75) is 11.9 Å². The van der Waals surface area contributed by atoms with E-state index in [1.54, 1.807) is 6.92 Å². The van der Waals surface area contributed by atoms with E-state index in [0.717, 1.165) is 6.26 Å². The first-order valence-electron chi connectivity index (χ1n) is 3.00. The second-order valence-corrected chi connectivity index (χ2v) is 4.18. The molecule has 0 aromatic carbocycles. The molecule has 0 radical (unpaired) electrons. The van der Waals surface area contributed by atoms with Gasteiger partial charge in [-0.05, 0) is 13.0 Å². The average molecular weight is 172 g/mol. The molecule has 1 heterocycles. The Balaban J connectivity index is 3.28. The van der Waals surface area contributed by atoms with Crippen molar-refractivity contribution in [1.29, 1.82) is 0 Å². The Hall–Kier alpha value is -0.970. The van der Waals surface area contributed by atoms with Gasteiger partial charge in [-0.1, -0.05) is 0 Å². The van der Waals surface area contributed by atoms with Crippen LogP contribution in [0.15, 0.2) is 17.3 Å². The highest BCUT2D eigenvalue weighted by molar-refractivity contribution is 7.90. The van der Waals surface area contributed by atoms with Crippen LogP contribution in [0.4, 0.5) is 0 Å². The van der Waals surface area contributed by atoms with Gasteiger partial charge in [0.1, 0.15) is 5.82 Å².